The predicted molar refractivity (Wildman–Crippen MR) is 120 cm³/mol. The Kier molecular flexibility index (Phi) is 4.43. The van der Waals surface area contributed by atoms with Crippen LogP contribution in [0.2, 0.25) is 0 Å². The van der Waals surface area contributed by atoms with Gasteiger partial charge < -0.3 is 9.52 Å². The fourth-order valence-corrected chi connectivity index (χ4v) is 5.39. The number of aromatic hydroxyl groups is 1. The summed E-state index contributed by atoms with van der Waals surface area (Å²) in [6.45, 7) is 3.73. The Hall–Kier alpha value is -2.84. The third-order valence-electron chi connectivity index (χ3n) is 5.57. The highest BCUT2D eigenvalue weighted by Gasteiger charge is 2.38. The van der Waals surface area contributed by atoms with E-state index in [0.717, 1.165) is 16.2 Å². The monoisotopic (exact) mass is 499 g/mol. The van der Waals surface area contributed by atoms with E-state index in [1.165, 1.54) is 16.7 Å². The summed E-state index contributed by atoms with van der Waals surface area (Å²) >= 11 is 4.42. The Balaban J connectivity index is 1.81. The minimum atomic E-state index is -0.741. The minimum Gasteiger partial charge on any atom is -0.505 e. The SMILES string of the molecule is CC1(C)c2cc(F)ccc2-n2c1cc1oc(=O)c(Sc3ccccc3Br)c(O)c1c2=O. The Morgan fingerprint density at radius 2 is 1.87 bits per heavy atom. The molecule has 31 heavy (non-hydrogen) atoms. The fraction of sp³-hybridized carbons (Fsp3) is 0.130. The number of hydrogen-bond acceptors (Lipinski definition) is 5. The molecular weight excluding hydrogens is 485 g/mol. The summed E-state index contributed by atoms with van der Waals surface area (Å²) in [5.74, 6) is -0.834. The lowest BCUT2D eigenvalue weighted by atomic mass is 9.83. The molecular formula is C23H15BrFNO4S. The molecule has 0 radical (unpaired) electrons. The van der Waals surface area contributed by atoms with Gasteiger partial charge in [-0.2, -0.15) is 0 Å². The largest absolute Gasteiger partial charge is 0.505 e. The molecule has 0 aliphatic carbocycles. The first-order valence-corrected chi connectivity index (χ1v) is 11.0. The maximum atomic E-state index is 13.9. The molecule has 156 valence electrons. The van der Waals surface area contributed by atoms with Gasteiger partial charge in [0.15, 0.2) is 5.75 Å². The van der Waals surface area contributed by atoms with E-state index >= 15 is 0 Å². The Bertz CT molecular complexity index is 1520. The molecule has 0 spiro atoms. The van der Waals surface area contributed by atoms with Gasteiger partial charge in [0.25, 0.3) is 5.56 Å². The topological polar surface area (TPSA) is 72.4 Å². The van der Waals surface area contributed by atoms with Gasteiger partial charge in [0.1, 0.15) is 21.7 Å². The molecule has 8 heteroatoms. The van der Waals surface area contributed by atoms with Crippen molar-refractivity contribution in [3.8, 4) is 11.4 Å². The molecule has 1 N–H and O–H groups in total. The summed E-state index contributed by atoms with van der Waals surface area (Å²) in [5.41, 5.74) is -0.226. The number of aromatic nitrogens is 1. The van der Waals surface area contributed by atoms with E-state index in [4.69, 9.17) is 4.42 Å². The maximum absolute atomic E-state index is 13.9. The number of halogens is 2. The van der Waals surface area contributed by atoms with E-state index in [0.29, 0.717) is 21.8 Å². The van der Waals surface area contributed by atoms with E-state index in [-0.39, 0.29) is 15.9 Å². The molecule has 0 atom stereocenters. The molecule has 0 fully saturated rings. The average Bonchev–Trinajstić information content (AvgIpc) is 2.93. The molecule has 0 unspecified atom stereocenters. The molecule has 2 aromatic heterocycles. The maximum Gasteiger partial charge on any atom is 0.354 e. The van der Waals surface area contributed by atoms with Crippen LogP contribution in [-0.4, -0.2) is 9.67 Å². The second-order valence-electron chi connectivity index (χ2n) is 7.80. The van der Waals surface area contributed by atoms with E-state index in [1.807, 2.05) is 26.0 Å². The molecule has 4 aromatic rings. The van der Waals surface area contributed by atoms with Gasteiger partial charge in [0.05, 0.1) is 5.69 Å². The van der Waals surface area contributed by atoms with Crippen LogP contribution >= 0.6 is 27.7 Å². The number of benzene rings is 2. The van der Waals surface area contributed by atoms with Crippen LogP contribution in [0.15, 0.2) is 76.8 Å². The molecule has 2 aromatic carbocycles. The summed E-state index contributed by atoms with van der Waals surface area (Å²) < 4.78 is 21.6. The highest BCUT2D eigenvalue weighted by atomic mass is 79.9. The molecule has 0 amide bonds. The first kappa shape index (κ1) is 20.1. The van der Waals surface area contributed by atoms with Crippen LogP contribution in [-0.2, 0) is 5.41 Å². The predicted octanol–water partition coefficient (Wildman–Crippen LogP) is 5.34. The molecule has 0 saturated carbocycles. The zero-order valence-corrected chi connectivity index (χ0v) is 18.8. The highest BCUT2D eigenvalue weighted by Crippen LogP contribution is 2.44. The van der Waals surface area contributed by atoms with Gasteiger partial charge in [-0.05, 0) is 51.8 Å². The summed E-state index contributed by atoms with van der Waals surface area (Å²) in [4.78, 5) is 26.8. The molecule has 3 heterocycles. The van der Waals surface area contributed by atoms with Crippen molar-refractivity contribution in [2.45, 2.75) is 29.1 Å². The number of hydrogen-bond donors (Lipinski definition) is 1. The molecule has 5 rings (SSSR count). The lowest BCUT2D eigenvalue weighted by Gasteiger charge is -2.20. The van der Waals surface area contributed by atoms with Gasteiger partial charge in [-0.1, -0.05) is 37.7 Å². The van der Waals surface area contributed by atoms with Gasteiger partial charge in [-0.15, -0.1) is 0 Å². The summed E-state index contributed by atoms with van der Waals surface area (Å²) in [6, 6.07) is 13.0. The van der Waals surface area contributed by atoms with Gasteiger partial charge >= 0.3 is 5.63 Å². The van der Waals surface area contributed by atoms with Crippen LogP contribution in [0.4, 0.5) is 4.39 Å². The molecule has 0 bridgehead atoms. The third kappa shape index (κ3) is 2.89. The van der Waals surface area contributed by atoms with Gasteiger partial charge in [0, 0.05) is 26.5 Å². The van der Waals surface area contributed by atoms with Gasteiger partial charge in [-0.25, -0.2) is 9.18 Å². The standard InChI is InChI=1S/C23H15BrFNO4S/c1-23(2)12-9-11(25)7-8-14(12)26-17(23)10-15-18(21(26)28)19(27)20(22(29)30-15)31-16-6-4-3-5-13(16)24/h3-10,27H,1-2H3. The summed E-state index contributed by atoms with van der Waals surface area (Å²) in [6.07, 6.45) is 0. The van der Waals surface area contributed by atoms with Crippen LogP contribution < -0.4 is 11.2 Å². The average molecular weight is 500 g/mol. The first-order valence-electron chi connectivity index (χ1n) is 9.39. The van der Waals surface area contributed by atoms with Crippen molar-refractivity contribution in [3.63, 3.8) is 0 Å². The van der Waals surface area contributed by atoms with Crippen molar-refractivity contribution in [2.75, 3.05) is 0 Å². The lowest BCUT2D eigenvalue weighted by molar-refractivity contribution is 0.445. The Morgan fingerprint density at radius 3 is 2.61 bits per heavy atom. The molecule has 1 aliphatic heterocycles. The van der Waals surface area contributed by atoms with Crippen LogP contribution in [0, 0.1) is 5.82 Å². The van der Waals surface area contributed by atoms with Crippen molar-refractivity contribution in [1.82, 2.24) is 4.57 Å². The van der Waals surface area contributed by atoms with E-state index in [1.54, 1.807) is 24.3 Å². The normalized spacial score (nSPS) is 13.9. The highest BCUT2D eigenvalue weighted by molar-refractivity contribution is 9.10. The number of rotatable bonds is 2. The second-order valence-corrected chi connectivity index (χ2v) is 9.70. The quantitative estimate of drug-likeness (QED) is 0.402. The van der Waals surface area contributed by atoms with Gasteiger partial charge in [0.2, 0.25) is 0 Å². The second kappa shape index (κ2) is 6.83. The number of nitrogens with zero attached hydrogens (tertiary/aromatic N) is 1. The number of pyridine rings is 1. The Morgan fingerprint density at radius 1 is 1.13 bits per heavy atom. The van der Waals surface area contributed by atoms with Crippen molar-refractivity contribution >= 4 is 38.7 Å². The minimum absolute atomic E-state index is 0.00317. The summed E-state index contributed by atoms with van der Waals surface area (Å²) in [7, 11) is 0. The zero-order valence-electron chi connectivity index (χ0n) is 16.4. The van der Waals surface area contributed by atoms with E-state index in [2.05, 4.69) is 15.9 Å². The smallest absolute Gasteiger partial charge is 0.354 e. The summed E-state index contributed by atoms with van der Waals surface area (Å²) in [5, 5.41) is 10.9. The van der Waals surface area contributed by atoms with Crippen LogP contribution in [0.25, 0.3) is 16.7 Å². The van der Waals surface area contributed by atoms with Crippen molar-refractivity contribution in [1.29, 1.82) is 0 Å². The Labute approximate surface area is 188 Å². The third-order valence-corrected chi connectivity index (χ3v) is 7.67. The van der Waals surface area contributed by atoms with Crippen LogP contribution in [0.1, 0.15) is 25.1 Å². The fourth-order valence-electron chi connectivity index (χ4n) is 4.01. The first-order chi connectivity index (χ1) is 14.7. The molecule has 1 aliphatic rings. The lowest BCUT2D eigenvalue weighted by Crippen LogP contribution is -2.24. The van der Waals surface area contributed by atoms with Crippen molar-refractivity contribution in [3.05, 3.63) is 90.9 Å². The van der Waals surface area contributed by atoms with Crippen LogP contribution in [0.3, 0.4) is 0 Å². The number of fused-ring (bicyclic) bond motifs is 4. The molecule has 0 saturated heterocycles. The van der Waals surface area contributed by atoms with Crippen LogP contribution in [0.5, 0.6) is 5.75 Å². The zero-order chi connectivity index (χ0) is 22.1. The van der Waals surface area contributed by atoms with Crippen molar-refractivity contribution in [2.24, 2.45) is 0 Å². The van der Waals surface area contributed by atoms with E-state index in [9.17, 15) is 19.1 Å². The van der Waals surface area contributed by atoms with Crippen molar-refractivity contribution < 1.29 is 13.9 Å². The van der Waals surface area contributed by atoms with Gasteiger partial charge in [-0.3, -0.25) is 9.36 Å². The van der Waals surface area contributed by atoms with E-state index < -0.39 is 28.2 Å². The molecule has 5 nitrogen and oxygen atoms in total.